The molecule has 0 aliphatic heterocycles. The highest BCUT2D eigenvalue weighted by molar-refractivity contribution is 5.56. The summed E-state index contributed by atoms with van der Waals surface area (Å²) >= 11 is 0. The molecule has 1 aromatic heterocycles. The number of aliphatic hydroxyl groups excluding tert-OH is 1. The van der Waals surface area contributed by atoms with Crippen molar-refractivity contribution in [3.05, 3.63) is 52.7 Å². The molecule has 0 bridgehead atoms. The van der Waals surface area contributed by atoms with Crippen molar-refractivity contribution in [2.45, 2.75) is 33.4 Å². The summed E-state index contributed by atoms with van der Waals surface area (Å²) in [6, 6.07) is 6.99. The minimum atomic E-state index is -0.721. The smallest absolute Gasteiger partial charge is 0.126 e. The van der Waals surface area contributed by atoms with Gasteiger partial charge < -0.3 is 14.4 Å². The average Bonchev–Trinajstić information content (AvgIpc) is 2.77. The lowest BCUT2D eigenvalue weighted by Gasteiger charge is -2.23. The van der Waals surface area contributed by atoms with Crippen LogP contribution in [0.15, 0.2) is 28.7 Å². The highest BCUT2D eigenvalue weighted by Crippen LogP contribution is 2.29. The van der Waals surface area contributed by atoms with Crippen LogP contribution in [0.4, 0.5) is 10.1 Å². The Bertz CT molecular complexity index is 605. The van der Waals surface area contributed by atoms with E-state index in [1.165, 1.54) is 6.07 Å². The molecule has 1 atom stereocenters. The van der Waals surface area contributed by atoms with Gasteiger partial charge >= 0.3 is 0 Å². The Balaban J connectivity index is 2.33. The van der Waals surface area contributed by atoms with Crippen molar-refractivity contribution in [3.63, 3.8) is 0 Å². The van der Waals surface area contributed by atoms with Crippen molar-refractivity contribution in [2.75, 3.05) is 11.9 Å². The summed E-state index contributed by atoms with van der Waals surface area (Å²) in [4.78, 5) is 1.95. The molecule has 0 radical (unpaired) electrons. The van der Waals surface area contributed by atoms with E-state index in [-0.39, 0.29) is 5.82 Å². The molecule has 0 unspecified atom stereocenters. The van der Waals surface area contributed by atoms with Gasteiger partial charge in [-0.25, -0.2) is 4.39 Å². The van der Waals surface area contributed by atoms with Gasteiger partial charge in [0.05, 0.1) is 12.6 Å². The van der Waals surface area contributed by atoms with Gasteiger partial charge in [-0.1, -0.05) is 0 Å². The maximum Gasteiger partial charge on any atom is 0.126 e. The Morgan fingerprint density at radius 1 is 1.30 bits per heavy atom. The average molecular weight is 277 g/mol. The molecule has 0 amide bonds. The van der Waals surface area contributed by atoms with E-state index in [1.807, 2.05) is 31.0 Å². The molecule has 0 saturated carbocycles. The molecule has 1 heterocycles. The van der Waals surface area contributed by atoms with Crippen LogP contribution in [0.5, 0.6) is 0 Å². The molecular weight excluding hydrogens is 257 g/mol. The second-order valence-electron chi connectivity index (χ2n) is 5.20. The minimum absolute atomic E-state index is 0.299. The van der Waals surface area contributed by atoms with Crippen LogP contribution in [0.3, 0.4) is 0 Å². The largest absolute Gasteiger partial charge is 0.464 e. The Hall–Kier alpha value is -1.81. The third-order valence-electron chi connectivity index (χ3n) is 3.36. The first-order valence-electron chi connectivity index (χ1n) is 6.63. The highest BCUT2D eigenvalue weighted by atomic mass is 19.1. The Kier molecular flexibility index (Phi) is 4.14. The number of anilines is 1. The van der Waals surface area contributed by atoms with Crippen molar-refractivity contribution in [3.8, 4) is 0 Å². The van der Waals surface area contributed by atoms with E-state index in [0.29, 0.717) is 17.7 Å². The molecule has 2 rings (SSSR count). The number of aryl methyl sites for hydroxylation is 2. The molecule has 0 spiro atoms. The number of halogens is 1. The van der Waals surface area contributed by atoms with Crippen LogP contribution in [-0.4, -0.2) is 12.2 Å². The maximum atomic E-state index is 13.7. The van der Waals surface area contributed by atoms with Crippen LogP contribution in [0.2, 0.25) is 0 Å². The zero-order valence-electron chi connectivity index (χ0n) is 12.3. The Morgan fingerprint density at radius 3 is 2.55 bits per heavy atom. The minimum Gasteiger partial charge on any atom is -0.464 e. The number of benzene rings is 1. The molecule has 1 N–H and O–H groups in total. The van der Waals surface area contributed by atoms with E-state index in [9.17, 15) is 9.50 Å². The summed E-state index contributed by atoms with van der Waals surface area (Å²) in [5.74, 6) is 1.40. The van der Waals surface area contributed by atoms with Gasteiger partial charge in [0, 0.05) is 18.3 Å². The van der Waals surface area contributed by atoms with Gasteiger partial charge in [-0.05, 0) is 50.6 Å². The predicted octanol–water partition coefficient (Wildman–Crippen LogP) is 3.73. The van der Waals surface area contributed by atoms with Gasteiger partial charge in [0.1, 0.15) is 17.3 Å². The van der Waals surface area contributed by atoms with Gasteiger partial charge in [-0.3, -0.25) is 0 Å². The number of hydrogen-bond donors (Lipinski definition) is 1. The van der Waals surface area contributed by atoms with Crippen LogP contribution in [0.1, 0.15) is 35.7 Å². The number of rotatable bonds is 4. The van der Waals surface area contributed by atoms with Gasteiger partial charge in [-0.2, -0.15) is 0 Å². The Morgan fingerprint density at radius 2 is 2.00 bits per heavy atom. The zero-order valence-corrected chi connectivity index (χ0v) is 12.3. The molecule has 108 valence electrons. The summed E-state index contributed by atoms with van der Waals surface area (Å²) in [6.45, 7) is 5.82. The summed E-state index contributed by atoms with van der Waals surface area (Å²) in [6.07, 6.45) is -0.721. The third kappa shape index (κ3) is 3.02. The molecule has 1 aromatic carbocycles. The zero-order chi connectivity index (χ0) is 14.9. The van der Waals surface area contributed by atoms with Gasteiger partial charge in [0.15, 0.2) is 0 Å². The fraction of sp³-hybridized carbons (Fsp3) is 0.375. The van der Waals surface area contributed by atoms with Crippen molar-refractivity contribution < 1.29 is 13.9 Å². The van der Waals surface area contributed by atoms with Crippen molar-refractivity contribution in [2.24, 2.45) is 0 Å². The first-order valence-corrected chi connectivity index (χ1v) is 6.63. The lowest BCUT2D eigenvalue weighted by atomic mass is 10.0. The van der Waals surface area contributed by atoms with Crippen molar-refractivity contribution >= 4 is 5.69 Å². The number of nitrogens with zero attached hydrogens (tertiary/aromatic N) is 1. The van der Waals surface area contributed by atoms with Crippen LogP contribution in [0, 0.1) is 19.7 Å². The molecule has 0 fully saturated rings. The van der Waals surface area contributed by atoms with Crippen molar-refractivity contribution in [1.29, 1.82) is 0 Å². The van der Waals surface area contributed by atoms with E-state index in [1.54, 1.807) is 19.9 Å². The van der Waals surface area contributed by atoms with Gasteiger partial charge in [0.25, 0.3) is 0 Å². The quantitative estimate of drug-likeness (QED) is 0.925. The maximum absolute atomic E-state index is 13.7. The number of furan rings is 1. The molecule has 0 saturated heterocycles. The first kappa shape index (κ1) is 14.6. The highest BCUT2D eigenvalue weighted by Gasteiger charge is 2.16. The predicted molar refractivity (Wildman–Crippen MR) is 77.3 cm³/mol. The SMILES string of the molecule is Cc1ccc(CN(C)c2cc(C)c(F)cc2[C@@H](C)O)o1. The summed E-state index contributed by atoms with van der Waals surface area (Å²) in [5.41, 5.74) is 1.96. The molecule has 3 nitrogen and oxygen atoms in total. The monoisotopic (exact) mass is 277 g/mol. The number of hydrogen-bond acceptors (Lipinski definition) is 3. The fourth-order valence-corrected chi connectivity index (χ4v) is 2.24. The fourth-order valence-electron chi connectivity index (χ4n) is 2.24. The van der Waals surface area contributed by atoms with E-state index in [0.717, 1.165) is 17.2 Å². The lowest BCUT2D eigenvalue weighted by Crippen LogP contribution is -2.19. The summed E-state index contributed by atoms with van der Waals surface area (Å²) in [5, 5.41) is 9.82. The van der Waals surface area contributed by atoms with Gasteiger partial charge in [0.2, 0.25) is 0 Å². The van der Waals surface area contributed by atoms with Crippen LogP contribution in [0.25, 0.3) is 0 Å². The number of aliphatic hydroxyl groups is 1. The second-order valence-corrected chi connectivity index (χ2v) is 5.20. The van der Waals surface area contributed by atoms with E-state index in [4.69, 9.17) is 4.42 Å². The molecule has 2 aromatic rings. The van der Waals surface area contributed by atoms with E-state index < -0.39 is 6.10 Å². The standard InChI is InChI=1S/C16H20FNO2/c1-10-7-16(14(12(3)19)8-15(10)17)18(4)9-13-6-5-11(2)20-13/h5-8,12,19H,9H2,1-4H3/t12-/m1/s1. The molecule has 4 heteroatoms. The second kappa shape index (κ2) is 5.67. The summed E-state index contributed by atoms with van der Waals surface area (Å²) < 4.78 is 19.2. The lowest BCUT2D eigenvalue weighted by molar-refractivity contribution is 0.199. The Labute approximate surface area is 118 Å². The van der Waals surface area contributed by atoms with Crippen LogP contribution < -0.4 is 4.90 Å². The normalized spacial score (nSPS) is 12.5. The molecule has 20 heavy (non-hydrogen) atoms. The topological polar surface area (TPSA) is 36.6 Å². The molecule has 0 aliphatic rings. The van der Waals surface area contributed by atoms with Crippen molar-refractivity contribution in [1.82, 2.24) is 0 Å². The van der Waals surface area contributed by atoms with Crippen LogP contribution >= 0.6 is 0 Å². The van der Waals surface area contributed by atoms with Crippen LogP contribution in [-0.2, 0) is 6.54 Å². The molecule has 0 aliphatic carbocycles. The first-order chi connectivity index (χ1) is 9.38. The third-order valence-corrected chi connectivity index (χ3v) is 3.36. The van der Waals surface area contributed by atoms with E-state index in [2.05, 4.69) is 0 Å². The molecular formula is C16H20FNO2. The van der Waals surface area contributed by atoms with E-state index >= 15 is 0 Å². The van der Waals surface area contributed by atoms with Gasteiger partial charge in [-0.15, -0.1) is 0 Å². The summed E-state index contributed by atoms with van der Waals surface area (Å²) in [7, 11) is 1.90.